The number of imidazole rings is 1. The van der Waals surface area contributed by atoms with Gasteiger partial charge in [0.05, 0.1) is 11.0 Å². The molecule has 2 rings (SSSR count). The number of likely N-dealkylation sites (N-methyl/N-ethyl adjacent to an activating group) is 1. The fourth-order valence-corrected chi connectivity index (χ4v) is 1.87. The first kappa shape index (κ1) is 11.9. The standard InChI is InChI=1S/C12H14ClN3O/c1-8-14-10-6-9(13)4-5-11(10)16(8)7-12(17)15(2)3/h4-6H,7H2,1-3H3. The number of carbonyl (C=O) groups is 1. The van der Waals surface area contributed by atoms with Gasteiger partial charge in [0.1, 0.15) is 12.4 Å². The van der Waals surface area contributed by atoms with Crippen molar-refractivity contribution >= 4 is 28.5 Å². The van der Waals surface area contributed by atoms with E-state index in [-0.39, 0.29) is 5.91 Å². The summed E-state index contributed by atoms with van der Waals surface area (Å²) < 4.78 is 1.90. The van der Waals surface area contributed by atoms with Crippen molar-refractivity contribution in [3.05, 3.63) is 29.0 Å². The van der Waals surface area contributed by atoms with Crippen LogP contribution in [0.1, 0.15) is 5.82 Å². The first-order valence-electron chi connectivity index (χ1n) is 5.31. The van der Waals surface area contributed by atoms with Crippen molar-refractivity contribution in [2.75, 3.05) is 14.1 Å². The van der Waals surface area contributed by atoms with E-state index in [9.17, 15) is 4.79 Å². The van der Waals surface area contributed by atoms with Gasteiger partial charge >= 0.3 is 0 Å². The molecule has 0 fully saturated rings. The van der Waals surface area contributed by atoms with Crippen LogP contribution < -0.4 is 0 Å². The van der Waals surface area contributed by atoms with Crippen molar-refractivity contribution in [3.63, 3.8) is 0 Å². The number of aryl methyl sites for hydroxylation is 1. The minimum absolute atomic E-state index is 0.0438. The van der Waals surface area contributed by atoms with Crippen molar-refractivity contribution in [1.29, 1.82) is 0 Å². The SMILES string of the molecule is Cc1nc2cc(Cl)ccc2n1CC(=O)N(C)C. The minimum Gasteiger partial charge on any atom is -0.347 e. The van der Waals surface area contributed by atoms with Crippen LogP contribution in [0.4, 0.5) is 0 Å². The van der Waals surface area contributed by atoms with Gasteiger partial charge in [-0.15, -0.1) is 0 Å². The molecule has 0 N–H and O–H groups in total. The first-order valence-corrected chi connectivity index (χ1v) is 5.69. The normalized spacial score (nSPS) is 10.8. The van der Waals surface area contributed by atoms with Crippen LogP contribution in [-0.4, -0.2) is 34.5 Å². The van der Waals surface area contributed by atoms with E-state index >= 15 is 0 Å². The molecule has 1 amide bonds. The fraction of sp³-hybridized carbons (Fsp3) is 0.333. The molecule has 0 saturated carbocycles. The van der Waals surface area contributed by atoms with Crippen LogP contribution in [0, 0.1) is 6.92 Å². The maximum Gasteiger partial charge on any atom is 0.242 e. The predicted molar refractivity (Wildman–Crippen MR) is 68.2 cm³/mol. The number of rotatable bonds is 2. The summed E-state index contributed by atoms with van der Waals surface area (Å²) in [5, 5.41) is 0.654. The number of fused-ring (bicyclic) bond motifs is 1. The van der Waals surface area contributed by atoms with Gasteiger partial charge in [0.2, 0.25) is 5.91 Å². The molecule has 1 aromatic heterocycles. The zero-order valence-corrected chi connectivity index (χ0v) is 10.8. The summed E-state index contributed by atoms with van der Waals surface area (Å²) in [5.74, 6) is 0.861. The number of aromatic nitrogens is 2. The van der Waals surface area contributed by atoms with Gasteiger partial charge in [0, 0.05) is 19.1 Å². The third kappa shape index (κ3) is 2.26. The second kappa shape index (κ2) is 4.37. The van der Waals surface area contributed by atoms with Gasteiger partial charge < -0.3 is 9.47 Å². The van der Waals surface area contributed by atoms with Gasteiger partial charge in [-0.2, -0.15) is 0 Å². The van der Waals surface area contributed by atoms with Gasteiger partial charge in [-0.1, -0.05) is 11.6 Å². The molecule has 0 radical (unpaired) electrons. The molecule has 0 atom stereocenters. The van der Waals surface area contributed by atoms with Crippen molar-refractivity contribution in [1.82, 2.24) is 14.5 Å². The van der Waals surface area contributed by atoms with Crippen LogP contribution >= 0.6 is 11.6 Å². The van der Waals surface area contributed by atoms with E-state index in [1.54, 1.807) is 25.1 Å². The molecule has 0 spiro atoms. The molecule has 0 aliphatic carbocycles. The zero-order chi connectivity index (χ0) is 12.6. The molecule has 5 heteroatoms. The number of hydrogen-bond donors (Lipinski definition) is 0. The Hall–Kier alpha value is -1.55. The molecule has 0 unspecified atom stereocenters. The number of hydrogen-bond acceptors (Lipinski definition) is 2. The largest absolute Gasteiger partial charge is 0.347 e. The quantitative estimate of drug-likeness (QED) is 0.820. The Morgan fingerprint density at radius 2 is 2.18 bits per heavy atom. The Morgan fingerprint density at radius 1 is 1.47 bits per heavy atom. The Kier molecular flexibility index (Phi) is 3.07. The van der Waals surface area contributed by atoms with Gasteiger partial charge in [-0.3, -0.25) is 4.79 Å². The Morgan fingerprint density at radius 3 is 2.82 bits per heavy atom. The molecular weight excluding hydrogens is 238 g/mol. The number of amides is 1. The van der Waals surface area contributed by atoms with E-state index in [0.717, 1.165) is 16.9 Å². The summed E-state index contributed by atoms with van der Waals surface area (Å²) in [6, 6.07) is 5.50. The van der Waals surface area contributed by atoms with E-state index in [1.165, 1.54) is 0 Å². The maximum atomic E-state index is 11.7. The summed E-state index contributed by atoms with van der Waals surface area (Å²) in [4.78, 5) is 17.7. The molecule has 1 heterocycles. The summed E-state index contributed by atoms with van der Waals surface area (Å²) in [5.41, 5.74) is 1.75. The van der Waals surface area contributed by atoms with Crippen molar-refractivity contribution in [2.24, 2.45) is 0 Å². The average Bonchev–Trinajstić information content (AvgIpc) is 2.54. The van der Waals surface area contributed by atoms with Crippen LogP contribution in [0.25, 0.3) is 11.0 Å². The maximum absolute atomic E-state index is 11.7. The molecule has 0 saturated heterocycles. The lowest BCUT2D eigenvalue weighted by Crippen LogP contribution is -2.26. The molecular formula is C12H14ClN3O. The highest BCUT2D eigenvalue weighted by atomic mass is 35.5. The highest BCUT2D eigenvalue weighted by Crippen LogP contribution is 2.20. The number of nitrogens with zero attached hydrogens (tertiary/aromatic N) is 3. The molecule has 0 bridgehead atoms. The van der Waals surface area contributed by atoms with Crippen LogP contribution in [0.3, 0.4) is 0 Å². The Bertz CT molecular complexity index is 574. The highest BCUT2D eigenvalue weighted by molar-refractivity contribution is 6.31. The summed E-state index contributed by atoms with van der Waals surface area (Å²) in [7, 11) is 3.49. The van der Waals surface area contributed by atoms with Crippen LogP contribution in [0.5, 0.6) is 0 Å². The third-order valence-corrected chi connectivity index (χ3v) is 2.93. The van der Waals surface area contributed by atoms with E-state index < -0.39 is 0 Å². The van der Waals surface area contributed by atoms with Gasteiger partial charge in [0.25, 0.3) is 0 Å². The molecule has 90 valence electrons. The lowest BCUT2D eigenvalue weighted by molar-refractivity contribution is -0.129. The number of benzene rings is 1. The third-order valence-electron chi connectivity index (χ3n) is 2.69. The van der Waals surface area contributed by atoms with E-state index in [0.29, 0.717) is 11.6 Å². The lowest BCUT2D eigenvalue weighted by Gasteiger charge is -2.12. The molecule has 0 aliphatic rings. The van der Waals surface area contributed by atoms with Crippen LogP contribution in [-0.2, 0) is 11.3 Å². The molecule has 4 nitrogen and oxygen atoms in total. The second-order valence-corrected chi connectivity index (χ2v) is 4.60. The zero-order valence-electron chi connectivity index (χ0n) is 10.1. The Balaban J connectivity index is 2.46. The van der Waals surface area contributed by atoms with Gasteiger partial charge in [-0.05, 0) is 25.1 Å². The molecule has 0 aliphatic heterocycles. The molecule has 17 heavy (non-hydrogen) atoms. The van der Waals surface area contributed by atoms with Gasteiger partial charge in [0.15, 0.2) is 0 Å². The lowest BCUT2D eigenvalue weighted by atomic mass is 10.3. The monoisotopic (exact) mass is 251 g/mol. The second-order valence-electron chi connectivity index (χ2n) is 4.17. The number of carbonyl (C=O) groups excluding carboxylic acids is 1. The van der Waals surface area contributed by atoms with Crippen LogP contribution in [0.2, 0.25) is 5.02 Å². The summed E-state index contributed by atoms with van der Waals surface area (Å²) >= 11 is 5.91. The van der Waals surface area contributed by atoms with Crippen molar-refractivity contribution in [2.45, 2.75) is 13.5 Å². The summed E-state index contributed by atoms with van der Waals surface area (Å²) in [6.07, 6.45) is 0. The highest BCUT2D eigenvalue weighted by Gasteiger charge is 2.12. The van der Waals surface area contributed by atoms with E-state index in [4.69, 9.17) is 11.6 Å². The molecule has 2 aromatic rings. The average molecular weight is 252 g/mol. The van der Waals surface area contributed by atoms with Crippen molar-refractivity contribution < 1.29 is 4.79 Å². The Labute approximate surface area is 105 Å². The summed E-state index contributed by atoms with van der Waals surface area (Å²) in [6.45, 7) is 2.19. The smallest absolute Gasteiger partial charge is 0.242 e. The topological polar surface area (TPSA) is 38.1 Å². The van der Waals surface area contributed by atoms with E-state index in [1.807, 2.05) is 23.6 Å². The van der Waals surface area contributed by atoms with E-state index in [2.05, 4.69) is 4.98 Å². The number of halogens is 1. The predicted octanol–water partition coefficient (Wildman–Crippen LogP) is 2.09. The minimum atomic E-state index is 0.0438. The van der Waals surface area contributed by atoms with Crippen molar-refractivity contribution in [3.8, 4) is 0 Å². The molecule has 1 aromatic carbocycles. The van der Waals surface area contributed by atoms with Gasteiger partial charge in [-0.25, -0.2) is 4.98 Å². The van der Waals surface area contributed by atoms with Crippen LogP contribution in [0.15, 0.2) is 18.2 Å². The first-order chi connectivity index (χ1) is 7.99. The fourth-order valence-electron chi connectivity index (χ4n) is 1.70.